The number of carbonyl (C=O) groups excluding carboxylic acids is 1. The molecular weight excluding hydrogens is 404 g/mol. The zero-order valence-corrected chi connectivity index (χ0v) is 14.4. The van der Waals surface area contributed by atoms with E-state index in [0.717, 1.165) is 6.07 Å². The van der Waals surface area contributed by atoms with Crippen LogP contribution in [0.5, 0.6) is 11.5 Å². The second kappa shape index (κ2) is 6.66. The van der Waals surface area contributed by atoms with E-state index in [1.165, 1.54) is 12.1 Å². The highest BCUT2D eigenvalue weighted by molar-refractivity contribution is 9.10. The fourth-order valence-corrected chi connectivity index (χ4v) is 2.78. The molecule has 1 heterocycles. The van der Waals surface area contributed by atoms with Gasteiger partial charge in [-0.15, -0.1) is 0 Å². The molecule has 1 N–H and O–H groups in total. The quantitative estimate of drug-likeness (QED) is 0.606. The summed E-state index contributed by atoms with van der Waals surface area (Å²) >= 11 is 9.32. The summed E-state index contributed by atoms with van der Waals surface area (Å²) in [5, 5.41) is 13.6. The largest absolute Gasteiger partial charge is 0.486 e. The van der Waals surface area contributed by atoms with E-state index in [0.29, 0.717) is 34.9 Å². The number of fused-ring (bicyclic) bond motifs is 1. The highest BCUT2D eigenvalue weighted by Gasteiger charge is 2.19. The number of nitrogens with zero attached hydrogens (tertiary/aromatic N) is 1. The van der Waals surface area contributed by atoms with Crippen LogP contribution in [0.4, 0.5) is 11.4 Å². The van der Waals surface area contributed by atoms with Crippen LogP contribution in [0.1, 0.15) is 10.4 Å². The Morgan fingerprint density at radius 1 is 1.21 bits per heavy atom. The maximum absolute atomic E-state index is 12.4. The van der Waals surface area contributed by atoms with Crippen molar-refractivity contribution in [3.8, 4) is 11.5 Å². The first-order valence-electron chi connectivity index (χ1n) is 6.80. The number of non-ortho nitro benzene ring substituents is 1. The van der Waals surface area contributed by atoms with Gasteiger partial charge < -0.3 is 14.8 Å². The van der Waals surface area contributed by atoms with Gasteiger partial charge in [-0.1, -0.05) is 11.6 Å². The molecule has 2 aromatic carbocycles. The number of hydrogen-bond acceptors (Lipinski definition) is 5. The van der Waals surface area contributed by atoms with Gasteiger partial charge in [-0.2, -0.15) is 0 Å². The van der Waals surface area contributed by atoms with Gasteiger partial charge in [-0.3, -0.25) is 14.9 Å². The van der Waals surface area contributed by atoms with Gasteiger partial charge in [0.25, 0.3) is 11.6 Å². The summed E-state index contributed by atoms with van der Waals surface area (Å²) in [6, 6.07) is 6.97. The third-order valence-corrected chi connectivity index (χ3v) is 4.27. The smallest absolute Gasteiger partial charge is 0.270 e. The lowest BCUT2D eigenvalue weighted by atomic mass is 10.1. The summed E-state index contributed by atoms with van der Waals surface area (Å²) in [5.41, 5.74) is 0.227. The van der Waals surface area contributed by atoms with Crippen molar-refractivity contribution in [1.82, 2.24) is 0 Å². The Bertz CT molecular complexity index is 843. The van der Waals surface area contributed by atoms with Gasteiger partial charge in [-0.25, -0.2) is 0 Å². The second-order valence-electron chi connectivity index (χ2n) is 4.85. The Kier molecular flexibility index (Phi) is 4.59. The first-order valence-corrected chi connectivity index (χ1v) is 7.97. The van der Waals surface area contributed by atoms with Gasteiger partial charge in [0.1, 0.15) is 13.2 Å². The molecule has 0 bridgehead atoms. The predicted molar refractivity (Wildman–Crippen MR) is 91.2 cm³/mol. The van der Waals surface area contributed by atoms with Crippen molar-refractivity contribution < 1.29 is 19.2 Å². The molecular formula is C15H10BrClN2O5. The van der Waals surface area contributed by atoms with Gasteiger partial charge in [-0.05, 0) is 22.0 Å². The number of rotatable bonds is 3. The van der Waals surface area contributed by atoms with E-state index in [4.69, 9.17) is 21.1 Å². The number of nitrogens with one attached hydrogen (secondary N) is 1. The molecule has 1 aliphatic heterocycles. The Hall–Kier alpha value is -2.32. The van der Waals surface area contributed by atoms with Crippen molar-refractivity contribution in [2.75, 3.05) is 18.5 Å². The average molecular weight is 414 g/mol. The SMILES string of the molecule is O=C(Nc1cc2c(cc1Br)OCCO2)c1cc([N+](=O)[O-])ccc1Cl. The first kappa shape index (κ1) is 16.5. The molecule has 9 heteroatoms. The summed E-state index contributed by atoms with van der Waals surface area (Å²) in [5.74, 6) is 0.505. The fourth-order valence-electron chi connectivity index (χ4n) is 2.15. The lowest BCUT2D eigenvalue weighted by Gasteiger charge is -2.20. The maximum Gasteiger partial charge on any atom is 0.270 e. The van der Waals surface area contributed by atoms with Crippen molar-refractivity contribution in [2.45, 2.75) is 0 Å². The number of carbonyl (C=O) groups is 1. The number of nitro groups is 1. The average Bonchev–Trinajstić information content (AvgIpc) is 2.55. The van der Waals surface area contributed by atoms with Gasteiger partial charge in [0.15, 0.2) is 11.5 Å². The molecule has 1 aliphatic rings. The van der Waals surface area contributed by atoms with Gasteiger partial charge in [0.2, 0.25) is 0 Å². The van der Waals surface area contributed by atoms with Crippen LogP contribution in [0.25, 0.3) is 0 Å². The number of ether oxygens (including phenoxy) is 2. The highest BCUT2D eigenvalue weighted by Crippen LogP contribution is 2.38. The van der Waals surface area contributed by atoms with E-state index in [-0.39, 0.29) is 16.3 Å². The van der Waals surface area contributed by atoms with Crippen LogP contribution in [0.2, 0.25) is 5.02 Å². The first-order chi connectivity index (χ1) is 11.5. The van der Waals surface area contributed by atoms with Gasteiger partial charge >= 0.3 is 0 Å². The van der Waals surface area contributed by atoms with Crippen molar-refractivity contribution in [3.05, 3.63) is 55.5 Å². The lowest BCUT2D eigenvalue weighted by molar-refractivity contribution is -0.384. The van der Waals surface area contributed by atoms with Gasteiger partial charge in [0, 0.05) is 28.7 Å². The van der Waals surface area contributed by atoms with E-state index >= 15 is 0 Å². The number of hydrogen-bond donors (Lipinski definition) is 1. The molecule has 0 saturated heterocycles. The second-order valence-corrected chi connectivity index (χ2v) is 6.11. The van der Waals surface area contributed by atoms with E-state index in [1.54, 1.807) is 12.1 Å². The number of halogens is 2. The molecule has 0 unspecified atom stereocenters. The van der Waals surface area contributed by atoms with Crippen molar-refractivity contribution >= 4 is 44.8 Å². The van der Waals surface area contributed by atoms with Crippen molar-refractivity contribution in [1.29, 1.82) is 0 Å². The van der Waals surface area contributed by atoms with Crippen LogP contribution >= 0.6 is 27.5 Å². The molecule has 2 aromatic rings. The molecule has 124 valence electrons. The van der Waals surface area contributed by atoms with Crippen molar-refractivity contribution in [2.24, 2.45) is 0 Å². The molecule has 1 amide bonds. The molecule has 7 nitrogen and oxygen atoms in total. The molecule has 0 atom stereocenters. The van der Waals surface area contributed by atoms with E-state index in [9.17, 15) is 14.9 Å². The Morgan fingerprint density at radius 2 is 1.88 bits per heavy atom. The Balaban J connectivity index is 1.90. The van der Waals surface area contributed by atoms with Crippen LogP contribution in [0.15, 0.2) is 34.8 Å². The number of benzene rings is 2. The number of anilines is 1. The minimum atomic E-state index is -0.590. The molecule has 0 fully saturated rings. The molecule has 0 aromatic heterocycles. The zero-order chi connectivity index (χ0) is 17.3. The van der Waals surface area contributed by atoms with E-state index in [1.807, 2.05) is 0 Å². The normalized spacial score (nSPS) is 12.6. The predicted octanol–water partition coefficient (Wildman–Crippen LogP) is 4.03. The summed E-state index contributed by atoms with van der Waals surface area (Å²) < 4.78 is 11.5. The lowest BCUT2D eigenvalue weighted by Crippen LogP contribution is -2.17. The van der Waals surface area contributed by atoms with Crippen LogP contribution in [-0.2, 0) is 0 Å². The summed E-state index contributed by atoms with van der Waals surface area (Å²) in [7, 11) is 0. The summed E-state index contributed by atoms with van der Waals surface area (Å²) in [4.78, 5) is 22.7. The van der Waals surface area contributed by atoms with Gasteiger partial charge in [0.05, 0.1) is 21.2 Å². The highest BCUT2D eigenvalue weighted by atomic mass is 79.9. The summed E-state index contributed by atoms with van der Waals surface area (Å²) in [6.07, 6.45) is 0. The van der Waals surface area contributed by atoms with E-state index in [2.05, 4.69) is 21.2 Å². The number of amides is 1. The Morgan fingerprint density at radius 3 is 2.54 bits per heavy atom. The van der Waals surface area contributed by atoms with Crippen LogP contribution < -0.4 is 14.8 Å². The van der Waals surface area contributed by atoms with Crippen molar-refractivity contribution in [3.63, 3.8) is 0 Å². The standard InChI is InChI=1S/C15H10BrClN2O5/c16-10-6-13-14(24-4-3-23-13)7-12(10)18-15(20)9-5-8(19(21)22)1-2-11(9)17/h1-2,5-7H,3-4H2,(H,18,20). The Labute approximate surface area is 149 Å². The third kappa shape index (κ3) is 3.29. The minimum Gasteiger partial charge on any atom is -0.486 e. The topological polar surface area (TPSA) is 90.7 Å². The van der Waals surface area contributed by atoms with Crippen LogP contribution in [0, 0.1) is 10.1 Å². The molecule has 0 radical (unpaired) electrons. The maximum atomic E-state index is 12.4. The third-order valence-electron chi connectivity index (χ3n) is 3.29. The summed E-state index contributed by atoms with van der Waals surface area (Å²) in [6.45, 7) is 0.868. The van der Waals surface area contributed by atoms with Crippen LogP contribution in [-0.4, -0.2) is 24.0 Å². The minimum absolute atomic E-state index is 0.00709. The molecule has 0 spiro atoms. The molecule has 0 aliphatic carbocycles. The monoisotopic (exact) mass is 412 g/mol. The van der Waals surface area contributed by atoms with Crippen LogP contribution in [0.3, 0.4) is 0 Å². The number of nitro benzene ring substituents is 1. The van der Waals surface area contributed by atoms with E-state index < -0.39 is 10.8 Å². The molecule has 3 rings (SSSR count). The fraction of sp³-hybridized carbons (Fsp3) is 0.133. The molecule has 0 saturated carbocycles. The molecule has 24 heavy (non-hydrogen) atoms. The zero-order valence-electron chi connectivity index (χ0n) is 12.0.